The van der Waals surface area contributed by atoms with Crippen molar-refractivity contribution in [1.29, 1.82) is 0 Å². The lowest BCUT2D eigenvalue weighted by Gasteiger charge is -2.23. The lowest BCUT2D eigenvalue weighted by atomic mass is 10.1. The van der Waals surface area contributed by atoms with Crippen LogP contribution in [-0.2, 0) is 9.53 Å². The molecule has 1 aromatic heterocycles. The Bertz CT molecular complexity index is 417. The van der Waals surface area contributed by atoms with Crippen molar-refractivity contribution in [3.8, 4) is 0 Å². The van der Waals surface area contributed by atoms with Gasteiger partial charge in [0.2, 0.25) is 0 Å². The van der Waals surface area contributed by atoms with Crippen molar-refractivity contribution in [2.45, 2.75) is 6.92 Å². The number of furan rings is 1. The second kappa shape index (κ2) is 8.34. The van der Waals surface area contributed by atoms with Crippen molar-refractivity contribution >= 4 is 11.9 Å². The summed E-state index contributed by atoms with van der Waals surface area (Å²) in [6.07, 6.45) is 1.38. The maximum absolute atomic E-state index is 12.2. The number of carbonyl (C=O) groups excluding carboxylic acids is 1. The Morgan fingerprint density at radius 2 is 2.20 bits per heavy atom. The molecule has 2 N–H and O–H groups in total. The maximum Gasteiger partial charge on any atom is 0.308 e. The molecule has 1 amide bonds. The Hall–Kier alpha value is -1.86. The quantitative estimate of drug-likeness (QED) is 0.639. The van der Waals surface area contributed by atoms with Crippen molar-refractivity contribution in [3.63, 3.8) is 0 Å². The number of carboxylic acids is 1. The second-order valence-corrected chi connectivity index (χ2v) is 4.30. The van der Waals surface area contributed by atoms with E-state index in [1.165, 1.54) is 24.2 Å². The molecule has 0 aliphatic carbocycles. The van der Waals surface area contributed by atoms with E-state index in [1.807, 2.05) is 0 Å². The van der Waals surface area contributed by atoms with Gasteiger partial charge < -0.3 is 24.3 Å². The molecule has 1 unspecified atom stereocenters. The molecule has 7 heteroatoms. The molecule has 0 bridgehead atoms. The maximum atomic E-state index is 12.2. The van der Waals surface area contributed by atoms with Crippen molar-refractivity contribution in [2.75, 3.05) is 32.9 Å². The molecule has 1 atom stereocenters. The standard InChI is InChI=1S/C13H19NO6/c1-10(13(17)18)9-14(4-7-19-8-5-15)12(16)11-3-2-6-20-11/h2-3,6,10,15H,4-5,7-9H2,1H3,(H,17,18). The summed E-state index contributed by atoms with van der Waals surface area (Å²) in [4.78, 5) is 24.4. The van der Waals surface area contributed by atoms with Gasteiger partial charge in [-0.25, -0.2) is 0 Å². The molecule has 0 spiro atoms. The molecule has 0 saturated heterocycles. The minimum atomic E-state index is -0.974. The molecule has 7 nitrogen and oxygen atoms in total. The van der Waals surface area contributed by atoms with Crippen LogP contribution in [0.15, 0.2) is 22.8 Å². The summed E-state index contributed by atoms with van der Waals surface area (Å²) >= 11 is 0. The van der Waals surface area contributed by atoms with Crippen LogP contribution in [0.2, 0.25) is 0 Å². The van der Waals surface area contributed by atoms with Gasteiger partial charge in [0.25, 0.3) is 5.91 Å². The molecule has 0 aliphatic rings. The van der Waals surface area contributed by atoms with Crippen LogP contribution in [0, 0.1) is 5.92 Å². The minimum Gasteiger partial charge on any atom is -0.481 e. The zero-order chi connectivity index (χ0) is 15.0. The van der Waals surface area contributed by atoms with E-state index < -0.39 is 11.9 Å². The minimum absolute atomic E-state index is 0.0668. The first kappa shape index (κ1) is 16.2. The molecule has 20 heavy (non-hydrogen) atoms. The number of hydrogen-bond donors (Lipinski definition) is 2. The first-order valence-corrected chi connectivity index (χ1v) is 6.30. The van der Waals surface area contributed by atoms with E-state index in [9.17, 15) is 9.59 Å². The highest BCUT2D eigenvalue weighted by Crippen LogP contribution is 2.09. The number of amides is 1. The molecule has 0 aliphatic heterocycles. The van der Waals surface area contributed by atoms with Gasteiger partial charge in [0, 0.05) is 13.1 Å². The third kappa shape index (κ3) is 5.02. The molecule has 1 rings (SSSR count). The summed E-state index contributed by atoms with van der Waals surface area (Å²) in [6, 6.07) is 3.11. The molecule has 1 heterocycles. The van der Waals surface area contributed by atoms with Crippen LogP contribution in [0.1, 0.15) is 17.5 Å². The first-order valence-electron chi connectivity index (χ1n) is 6.30. The molecule has 0 saturated carbocycles. The highest BCUT2D eigenvalue weighted by Gasteiger charge is 2.23. The third-order valence-electron chi connectivity index (χ3n) is 2.68. The van der Waals surface area contributed by atoms with Gasteiger partial charge in [-0.15, -0.1) is 0 Å². The molecule has 112 valence electrons. The van der Waals surface area contributed by atoms with Crippen LogP contribution in [0.5, 0.6) is 0 Å². The normalized spacial score (nSPS) is 12.1. The number of ether oxygens (including phenoxy) is 1. The number of aliphatic hydroxyl groups is 1. The van der Waals surface area contributed by atoms with Crippen molar-refractivity contribution < 1.29 is 29.0 Å². The average molecular weight is 285 g/mol. The van der Waals surface area contributed by atoms with Gasteiger partial charge in [0.1, 0.15) is 0 Å². The van der Waals surface area contributed by atoms with E-state index in [0.29, 0.717) is 0 Å². The van der Waals surface area contributed by atoms with Crippen LogP contribution < -0.4 is 0 Å². The van der Waals surface area contributed by atoms with E-state index in [1.54, 1.807) is 6.07 Å². The summed E-state index contributed by atoms with van der Waals surface area (Å²) in [5, 5.41) is 17.5. The second-order valence-electron chi connectivity index (χ2n) is 4.30. The third-order valence-corrected chi connectivity index (χ3v) is 2.68. The van der Waals surface area contributed by atoms with E-state index in [0.717, 1.165) is 0 Å². The summed E-state index contributed by atoms with van der Waals surface area (Å²) in [6.45, 7) is 2.13. The van der Waals surface area contributed by atoms with Gasteiger partial charge in [-0.1, -0.05) is 6.92 Å². The van der Waals surface area contributed by atoms with Gasteiger partial charge >= 0.3 is 5.97 Å². The summed E-state index contributed by atoms with van der Waals surface area (Å²) in [5.41, 5.74) is 0. The van der Waals surface area contributed by atoms with Crippen LogP contribution in [0.4, 0.5) is 0 Å². The number of aliphatic hydroxyl groups excluding tert-OH is 1. The van der Waals surface area contributed by atoms with E-state index >= 15 is 0 Å². The molecule has 0 radical (unpaired) electrons. The Morgan fingerprint density at radius 1 is 1.45 bits per heavy atom. The fourth-order valence-electron chi connectivity index (χ4n) is 1.58. The molecule has 1 aromatic rings. The zero-order valence-electron chi connectivity index (χ0n) is 11.3. The smallest absolute Gasteiger partial charge is 0.308 e. The predicted molar refractivity (Wildman–Crippen MR) is 69.3 cm³/mol. The lowest BCUT2D eigenvalue weighted by molar-refractivity contribution is -0.141. The monoisotopic (exact) mass is 285 g/mol. The van der Waals surface area contributed by atoms with Crippen LogP contribution in [-0.4, -0.2) is 59.9 Å². The van der Waals surface area contributed by atoms with Crippen LogP contribution in [0.25, 0.3) is 0 Å². The number of nitrogens with zero attached hydrogens (tertiary/aromatic N) is 1. The van der Waals surface area contributed by atoms with Crippen molar-refractivity contribution in [1.82, 2.24) is 4.90 Å². The highest BCUT2D eigenvalue weighted by atomic mass is 16.5. The van der Waals surface area contributed by atoms with Crippen LogP contribution >= 0.6 is 0 Å². The van der Waals surface area contributed by atoms with Gasteiger partial charge in [0.05, 0.1) is 32.0 Å². The number of aliphatic carboxylic acids is 1. The number of carbonyl (C=O) groups is 2. The Kier molecular flexibility index (Phi) is 6.75. The lowest BCUT2D eigenvalue weighted by Crippen LogP contribution is -2.39. The highest BCUT2D eigenvalue weighted by molar-refractivity contribution is 5.91. The Balaban J connectivity index is 2.63. The van der Waals surface area contributed by atoms with E-state index in [4.69, 9.17) is 19.4 Å². The molecule has 0 fully saturated rings. The van der Waals surface area contributed by atoms with Crippen LogP contribution in [0.3, 0.4) is 0 Å². The van der Waals surface area contributed by atoms with Gasteiger partial charge in [-0.05, 0) is 12.1 Å². The van der Waals surface area contributed by atoms with Gasteiger partial charge in [-0.3, -0.25) is 9.59 Å². The van der Waals surface area contributed by atoms with E-state index in [2.05, 4.69) is 0 Å². The Morgan fingerprint density at radius 3 is 2.75 bits per heavy atom. The fraction of sp³-hybridized carbons (Fsp3) is 0.538. The fourth-order valence-corrected chi connectivity index (χ4v) is 1.58. The number of hydrogen-bond acceptors (Lipinski definition) is 5. The molecular formula is C13H19NO6. The molecule has 0 aromatic carbocycles. The van der Waals surface area contributed by atoms with Gasteiger partial charge in [0.15, 0.2) is 5.76 Å². The largest absolute Gasteiger partial charge is 0.481 e. The molecular weight excluding hydrogens is 266 g/mol. The average Bonchev–Trinajstić information content (AvgIpc) is 2.95. The number of rotatable bonds is 9. The zero-order valence-corrected chi connectivity index (χ0v) is 11.3. The first-order chi connectivity index (χ1) is 9.56. The summed E-state index contributed by atoms with van der Waals surface area (Å²) < 4.78 is 10.1. The summed E-state index contributed by atoms with van der Waals surface area (Å²) in [7, 11) is 0. The predicted octanol–water partition coefficient (Wildman–Crippen LogP) is 0.451. The van der Waals surface area contributed by atoms with Crippen molar-refractivity contribution in [2.24, 2.45) is 5.92 Å². The van der Waals surface area contributed by atoms with Gasteiger partial charge in [-0.2, -0.15) is 0 Å². The summed E-state index contributed by atoms with van der Waals surface area (Å²) in [5.74, 6) is -1.88. The SMILES string of the molecule is CC(CN(CCOCCO)C(=O)c1ccco1)C(=O)O. The van der Waals surface area contributed by atoms with E-state index in [-0.39, 0.29) is 44.6 Å². The van der Waals surface area contributed by atoms with Crippen molar-refractivity contribution in [3.05, 3.63) is 24.2 Å². The number of carboxylic acid groups (broad SMARTS) is 1. The topological polar surface area (TPSA) is 100 Å². The Labute approximate surface area is 116 Å².